The first-order valence-corrected chi connectivity index (χ1v) is 4.63. The third-order valence-electron chi connectivity index (χ3n) is 2.17. The van der Waals surface area contributed by atoms with Crippen molar-refractivity contribution in [2.75, 3.05) is 7.11 Å². The number of aryl methyl sites for hydroxylation is 1. The van der Waals surface area contributed by atoms with Crippen LogP contribution < -0.4 is 5.73 Å². The Kier molecular flexibility index (Phi) is 3.80. The van der Waals surface area contributed by atoms with Crippen LogP contribution in [0.4, 0.5) is 4.39 Å². The minimum Gasteiger partial charge on any atom is -0.469 e. The number of methoxy groups -OCH3 is 1. The number of nitrogens with two attached hydrogens (primary N) is 1. The number of ether oxygens (including phenoxy) is 1. The highest BCUT2D eigenvalue weighted by molar-refractivity contribution is 5.70. The van der Waals surface area contributed by atoms with Crippen molar-refractivity contribution in [1.29, 1.82) is 0 Å². The highest BCUT2D eigenvalue weighted by atomic mass is 19.1. The van der Waals surface area contributed by atoms with Gasteiger partial charge in [-0.2, -0.15) is 0 Å². The number of halogens is 1. The van der Waals surface area contributed by atoms with E-state index in [0.29, 0.717) is 5.56 Å². The molecule has 4 heteroatoms. The van der Waals surface area contributed by atoms with Crippen LogP contribution in [0.25, 0.3) is 0 Å². The average molecular weight is 211 g/mol. The van der Waals surface area contributed by atoms with Crippen LogP contribution in [0.3, 0.4) is 0 Å². The number of hydrogen-bond acceptors (Lipinski definition) is 3. The van der Waals surface area contributed by atoms with Gasteiger partial charge < -0.3 is 10.5 Å². The van der Waals surface area contributed by atoms with E-state index in [1.807, 2.05) is 0 Å². The van der Waals surface area contributed by atoms with Gasteiger partial charge in [0.15, 0.2) is 0 Å². The molecule has 15 heavy (non-hydrogen) atoms. The molecule has 0 aliphatic carbocycles. The van der Waals surface area contributed by atoms with Gasteiger partial charge in [0.05, 0.1) is 13.5 Å². The third kappa shape index (κ3) is 3.02. The Morgan fingerprint density at radius 3 is 2.80 bits per heavy atom. The summed E-state index contributed by atoms with van der Waals surface area (Å²) in [7, 11) is 1.28. The van der Waals surface area contributed by atoms with E-state index in [4.69, 9.17) is 5.73 Å². The first-order valence-electron chi connectivity index (χ1n) is 4.63. The maximum atomic E-state index is 13.4. The first kappa shape index (κ1) is 11.7. The van der Waals surface area contributed by atoms with Gasteiger partial charge in [0, 0.05) is 11.6 Å². The molecule has 0 amide bonds. The van der Waals surface area contributed by atoms with E-state index >= 15 is 0 Å². The van der Waals surface area contributed by atoms with Crippen LogP contribution in [-0.4, -0.2) is 13.1 Å². The zero-order valence-electron chi connectivity index (χ0n) is 8.79. The average Bonchev–Trinajstić information content (AvgIpc) is 2.17. The molecule has 1 aromatic carbocycles. The molecular formula is C11H14FNO2. The smallest absolute Gasteiger partial charge is 0.307 e. The molecule has 0 bridgehead atoms. The summed E-state index contributed by atoms with van der Waals surface area (Å²) in [5.74, 6) is -0.825. The Balaban J connectivity index is 2.82. The van der Waals surface area contributed by atoms with Gasteiger partial charge in [0.1, 0.15) is 5.82 Å². The lowest BCUT2D eigenvalue weighted by molar-refractivity contribution is -0.141. The summed E-state index contributed by atoms with van der Waals surface area (Å²) in [5.41, 5.74) is 6.84. The van der Waals surface area contributed by atoms with Crippen molar-refractivity contribution < 1.29 is 13.9 Å². The fourth-order valence-electron chi connectivity index (χ4n) is 1.31. The van der Waals surface area contributed by atoms with Gasteiger partial charge in [-0.15, -0.1) is 0 Å². The van der Waals surface area contributed by atoms with Crippen LogP contribution in [0.15, 0.2) is 18.2 Å². The highest BCUT2D eigenvalue weighted by Gasteiger charge is 2.15. The van der Waals surface area contributed by atoms with Crippen molar-refractivity contribution in [3.63, 3.8) is 0 Å². The summed E-state index contributed by atoms with van der Waals surface area (Å²) in [6.45, 7) is 1.79. The van der Waals surface area contributed by atoms with Crippen LogP contribution in [0.2, 0.25) is 0 Å². The van der Waals surface area contributed by atoms with E-state index in [2.05, 4.69) is 4.74 Å². The van der Waals surface area contributed by atoms with E-state index in [9.17, 15) is 9.18 Å². The number of carbonyl (C=O) groups excluding carboxylic acids is 1. The Labute approximate surface area is 88.0 Å². The summed E-state index contributed by atoms with van der Waals surface area (Å²) in [6.07, 6.45) is -0.0174. The van der Waals surface area contributed by atoms with Gasteiger partial charge in [-0.3, -0.25) is 4.79 Å². The molecule has 0 saturated carbocycles. The van der Waals surface area contributed by atoms with E-state index in [1.165, 1.54) is 13.2 Å². The van der Waals surface area contributed by atoms with Gasteiger partial charge in [0.2, 0.25) is 0 Å². The standard InChI is InChI=1S/C11H14FNO2/c1-7-3-4-8(9(12)5-7)10(13)6-11(14)15-2/h3-5,10H,6,13H2,1-2H3. The summed E-state index contributed by atoms with van der Waals surface area (Å²) in [6, 6.07) is 4.10. The number of hydrogen-bond donors (Lipinski definition) is 1. The van der Waals surface area contributed by atoms with E-state index < -0.39 is 12.0 Å². The predicted octanol–water partition coefficient (Wildman–Crippen LogP) is 1.70. The molecule has 0 aromatic heterocycles. The number of carbonyl (C=O) groups is 1. The van der Waals surface area contributed by atoms with Gasteiger partial charge in [-0.05, 0) is 18.6 Å². The van der Waals surface area contributed by atoms with Crippen LogP contribution >= 0.6 is 0 Å². The molecule has 0 radical (unpaired) electrons. The summed E-state index contributed by atoms with van der Waals surface area (Å²) in [4.78, 5) is 10.9. The van der Waals surface area contributed by atoms with Crippen LogP contribution in [0, 0.1) is 12.7 Å². The van der Waals surface area contributed by atoms with Crippen molar-refractivity contribution in [3.05, 3.63) is 35.1 Å². The second-order valence-corrected chi connectivity index (χ2v) is 3.41. The monoisotopic (exact) mass is 211 g/mol. The Hall–Kier alpha value is -1.42. The summed E-state index contributed by atoms with van der Waals surface area (Å²) >= 11 is 0. The maximum absolute atomic E-state index is 13.4. The third-order valence-corrected chi connectivity index (χ3v) is 2.17. The van der Waals surface area contributed by atoms with E-state index in [0.717, 1.165) is 5.56 Å². The number of rotatable bonds is 3. The van der Waals surface area contributed by atoms with Crippen LogP contribution in [-0.2, 0) is 9.53 Å². The van der Waals surface area contributed by atoms with Crippen molar-refractivity contribution >= 4 is 5.97 Å². The summed E-state index contributed by atoms with van der Waals surface area (Å²) in [5, 5.41) is 0. The quantitative estimate of drug-likeness (QED) is 0.774. The molecule has 0 fully saturated rings. The normalized spacial score (nSPS) is 12.3. The SMILES string of the molecule is COC(=O)CC(N)c1ccc(C)cc1F. The molecule has 82 valence electrons. The van der Waals surface area contributed by atoms with Gasteiger partial charge in [-0.25, -0.2) is 4.39 Å². The molecule has 0 saturated heterocycles. The molecule has 1 rings (SSSR count). The molecule has 0 aliphatic heterocycles. The van der Waals surface area contributed by atoms with Crippen molar-refractivity contribution in [3.8, 4) is 0 Å². The molecule has 1 aromatic rings. The Bertz CT molecular complexity index is 366. The zero-order valence-corrected chi connectivity index (χ0v) is 8.79. The minimum atomic E-state index is -0.655. The molecule has 3 nitrogen and oxygen atoms in total. The molecular weight excluding hydrogens is 197 g/mol. The lowest BCUT2D eigenvalue weighted by Gasteiger charge is -2.11. The molecule has 2 N–H and O–H groups in total. The molecule has 0 spiro atoms. The van der Waals surface area contributed by atoms with Gasteiger partial charge in [-0.1, -0.05) is 12.1 Å². The van der Waals surface area contributed by atoms with E-state index in [1.54, 1.807) is 19.1 Å². The molecule has 1 atom stereocenters. The van der Waals surface area contributed by atoms with E-state index in [-0.39, 0.29) is 12.2 Å². The number of esters is 1. The van der Waals surface area contributed by atoms with Gasteiger partial charge >= 0.3 is 5.97 Å². The largest absolute Gasteiger partial charge is 0.469 e. The fourth-order valence-corrected chi connectivity index (χ4v) is 1.31. The second-order valence-electron chi connectivity index (χ2n) is 3.41. The van der Waals surface area contributed by atoms with Crippen molar-refractivity contribution in [1.82, 2.24) is 0 Å². The summed E-state index contributed by atoms with van der Waals surface area (Å²) < 4.78 is 17.9. The Morgan fingerprint density at radius 2 is 2.27 bits per heavy atom. The Morgan fingerprint density at radius 1 is 1.60 bits per heavy atom. The van der Waals surface area contributed by atoms with Crippen molar-refractivity contribution in [2.45, 2.75) is 19.4 Å². The minimum absolute atomic E-state index is 0.0174. The van der Waals surface area contributed by atoms with Gasteiger partial charge in [0.25, 0.3) is 0 Å². The lowest BCUT2D eigenvalue weighted by Crippen LogP contribution is -2.17. The van der Waals surface area contributed by atoms with Crippen molar-refractivity contribution in [2.24, 2.45) is 5.73 Å². The number of benzene rings is 1. The molecule has 0 heterocycles. The molecule has 0 aliphatic rings. The molecule has 1 unspecified atom stereocenters. The second kappa shape index (κ2) is 4.89. The maximum Gasteiger partial charge on any atom is 0.307 e. The van der Waals surface area contributed by atoms with Crippen LogP contribution in [0.5, 0.6) is 0 Å². The predicted molar refractivity (Wildman–Crippen MR) is 54.7 cm³/mol. The lowest BCUT2D eigenvalue weighted by atomic mass is 10.0. The van der Waals surface area contributed by atoms with Crippen LogP contribution in [0.1, 0.15) is 23.6 Å². The fraction of sp³-hybridized carbons (Fsp3) is 0.364. The first-order chi connectivity index (χ1) is 7.04. The zero-order chi connectivity index (χ0) is 11.4. The topological polar surface area (TPSA) is 52.3 Å². The highest BCUT2D eigenvalue weighted by Crippen LogP contribution is 2.19.